The summed E-state index contributed by atoms with van der Waals surface area (Å²) >= 11 is 0. The standard InChI is InChI=1S/C18H25N3O6/c1-21(9-12-11-25-7-8-26-12)10-15-19-18(20-27-15)13-5-6-14(22-2)17(24-4)16(13)23-3/h5-6,12H,7-11H2,1-4H3. The molecule has 0 saturated carbocycles. The Bertz CT molecular complexity index is 745. The van der Waals surface area contributed by atoms with Crippen molar-refractivity contribution in [1.82, 2.24) is 15.0 Å². The first-order valence-corrected chi connectivity index (χ1v) is 8.66. The largest absolute Gasteiger partial charge is 0.493 e. The first-order chi connectivity index (χ1) is 13.2. The van der Waals surface area contributed by atoms with Crippen molar-refractivity contribution in [3.63, 3.8) is 0 Å². The maximum atomic E-state index is 5.66. The third kappa shape index (κ3) is 4.49. The smallest absolute Gasteiger partial charge is 0.241 e. The minimum Gasteiger partial charge on any atom is -0.493 e. The molecule has 1 aromatic carbocycles. The van der Waals surface area contributed by atoms with Gasteiger partial charge in [-0.15, -0.1) is 0 Å². The monoisotopic (exact) mass is 379 g/mol. The third-order valence-electron chi connectivity index (χ3n) is 4.22. The summed E-state index contributed by atoms with van der Waals surface area (Å²) in [5, 5.41) is 4.08. The Balaban J connectivity index is 1.73. The number of rotatable bonds is 8. The van der Waals surface area contributed by atoms with E-state index in [0.29, 0.717) is 60.9 Å². The van der Waals surface area contributed by atoms with E-state index in [1.54, 1.807) is 27.4 Å². The van der Waals surface area contributed by atoms with Gasteiger partial charge >= 0.3 is 0 Å². The molecule has 0 spiro atoms. The molecule has 0 amide bonds. The van der Waals surface area contributed by atoms with E-state index in [9.17, 15) is 0 Å². The second-order valence-corrected chi connectivity index (χ2v) is 6.16. The van der Waals surface area contributed by atoms with Crippen molar-refractivity contribution < 1.29 is 28.2 Å². The highest BCUT2D eigenvalue weighted by atomic mass is 16.6. The van der Waals surface area contributed by atoms with Gasteiger partial charge in [0.2, 0.25) is 17.5 Å². The molecule has 0 bridgehead atoms. The van der Waals surface area contributed by atoms with E-state index in [0.717, 1.165) is 6.54 Å². The first-order valence-electron chi connectivity index (χ1n) is 8.66. The highest BCUT2D eigenvalue weighted by Crippen LogP contribution is 2.43. The van der Waals surface area contributed by atoms with E-state index in [1.165, 1.54) is 0 Å². The van der Waals surface area contributed by atoms with Crippen molar-refractivity contribution in [1.29, 1.82) is 0 Å². The SMILES string of the molecule is COc1ccc(-c2noc(CN(C)CC3COCCO3)n2)c(OC)c1OC. The van der Waals surface area contributed by atoms with E-state index in [-0.39, 0.29) is 6.10 Å². The van der Waals surface area contributed by atoms with Crippen molar-refractivity contribution in [3.8, 4) is 28.6 Å². The molecule has 3 rings (SSSR count). The molecule has 1 aliphatic rings. The van der Waals surface area contributed by atoms with Gasteiger partial charge in [0.1, 0.15) is 0 Å². The fraction of sp³-hybridized carbons (Fsp3) is 0.556. The fourth-order valence-corrected chi connectivity index (χ4v) is 2.99. The lowest BCUT2D eigenvalue weighted by atomic mass is 10.1. The summed E-state index contributed by atoms with van der Waals surface area (Å²) in [6, 6.07) is 3.59. The van der Waals surface area contributed by atoms with Gasteiger partial charge in [0, 0.05) is 6.54 Å². The number of ether oxygens (including phenoxy) is 5. The van der Waals surface area contributed by atoms with Crippen LogP contribution in [0.1, 0.15) is 5.89 Å². The van der Waals surface area contributed by atoms with E-state index in [2.05, 4.69) is 15.0 Å². The Morgan fingerprint density at radius 2 is 1.93 bits per heavy atom. The summed E-state index contributed by atoms with van der Waals surface area (Å²) in [5.41, 5.74) is 0.664. The summed E-state index contributed by atoms with van der Waals surface area (Å²) in [5.74, 6) is 2.46. The molecule has 9 heteroatoms. The molecule has 2 aromatic rings. The van der Waals surface area contributed by atoms with Crippen LogP contribution in [0.3, 0.4) is 0 Å². The normalized spacial score (nSPS) is 17.1. The first kappa shape index (κ1) is 19.4. The summed E-state index contributed by atoms with van der Waals surface area (Å²) in [7, 11) is 6.65. The van der Waals surface area contributed by atoms with Gasteiger partial charge in [0.15, 0.2) is 11.5 Å². The van der Waals surface area contributed by atoms with Gasteiger partial charge in [0.25, 0.3) is 0 Å². The van der Waals surface area contributed by atoms with Gasteiger partial charge in [-0.2, -0.15) is 4.98 Å². The van der Waals surface area contributed by atoms with Crippen molar-refractivity contribution in [3.05, 3.63) is 18.0 Å². The minimum absolute atomic E-state index is 0.0529. The van der Waals surface area contributed by atoms with E-state index < -0.39 is 0 Å². The van der Waals surface area contributed by atoms with Crippen LogP contribution in [0, 0.1) is 0 Å². The van der Waals surface area contributed by atoms with Crippen LogP contribution < -0.4 is 14.2 Å². The number of likely N-dealkylation sites (N-methyl/N-ethyl adjacent to an activating group) is 1. The zero-order valence-electron chi connectivity index (χ0n) is 16.1. The molecular formula is C18H25N3O6. The second kappa shape index (κ2) is 9.03. The van der Waals surface area contributed by atoms with Gasteiger partial charge in [0.05, 0.1) is 59.4 Å². The number of hydrogen-bond acceptors (Lipinski definition) is 9. The lowest BCUT2D eigenvalue weighted by Crippen LogP contribution is -2.38. The molecule has 0 N–H and O–H groups in total. The summed E-state index contributed by atoms with van der Waals surface area (Å²) < 4.78 is 32.7. The van der Waals surface area contributed by atoms with Crippen LogP contribution in [0.2, 0.25) is 0 Å². The van der Waals surface area contributed by atoms with Crippen LogP contribution in [0.15, 0.2) is 16.7 Å². The van der Waals surface area contributed by atoms with E-state index in [1.807, 2.05) is 13.1 Å². The van der Waals surface area contributed by atoms with E-state index >= 15 is 0 Å². The summed E-state index contributed by atoms with van der Waals surface area (Å²) in [6.45, 7) is 3.10. The number of nitrogens with zero attached hydrogens (tertiary/aromatic N) is 3. The number of benzene rings is 1. The third-order valence-corrected chi connectivity index (χ3v) is 4.22. The predicted molar refractivity (Wildman–Crippen MR) is 96.3 cm³/mol. The Hall–Kier alpha value is -2.36. The molecule has 1 aromatic heterocycles. The maximum absolute atomic E-state index is 5.66. The highest BCUT2D eigenvalue weighted by Gasteiger charge is 2.22. The number of aromatic nitrogens is 2. The fourth-order valence-electron chi connectivity index (χ4n) is 2.99. The molecule has 9 nitrogen and oxygen atoms in total. The molecule has 1 unspecified atom stereocenters. The van der Waals surface area contributed by atoms with Gasteiger partial charge in [-0.3, -0.25) is 4.90 Å². The molecule has 2 heterocycles. The minimum atomic E-state index is 0.0529. The molecule has 1 saturated heterocycles. The van der Waals surface area contributed by atoms with Crippen molar-refractivity contribution in [2.45, 2.75) is 12.6 Å². The molecular weight excluding hydrogens is 354 g/mol. The van der Waals surface area contributed by atoms with Crippen molar-refractivity contribution in [2.24, 2.45) is 0 Å². The summed E-state index contributed by atoms with van der Waals surface area (Å²) in [6.07, 6.45) is 0.0529. The lowest BCUT2D eigenvalue weighted by Gasteiger charge is -2.26. The number of hydrogen-bond donors (Lipinski definition) is 0. The average molecular weight is 379 g/mol. The topological polar surface area (TPSA) is 88.3 Å². The summed E-state index contributed by atoms with van der Waals surface area (Å²) in [4.78, 5) is 6.54. The maximum Gasteiger partial charge on any atom is 0.241 e. The quantitative estimate of drug-likeness (QED) is 0.678. The molecule has 1 fully saturated rings. The highest BCUT2D eigenvalue weighted by molar-refractivity contribution is 5.71. The average Bonchev–Trinajstić information content (AvgIpc) is 3.15. The molecule has 1 aliphatic heterocycles. The molecule has 27 heavy (non-hydrogen) atoms. The van der Waals surface area contributed by atoms with Crippen LogP contribution in [0.4, 0.5) is 0 Å². The Morgan fingerprint density at radius 1 is 1.11 bits per heavy atom. The lowest BCUT2D eigenvalue weighted by molar-refractivity contribution is -0.0967. The van der Waals surface area contributed by atoms with Crippen molar-refractivity contribution >= 4 is 0 Å². The zero-order chi connectivity index (χ0) is 19.2. The Morgan fingerprint density at radius 3 is 2.59 bits per heavy atom. The van der Waals surface area contributed by atoms with Crippen LogP contribution >= 0.6 is 0 Å². The van der Waals surface area contributed by atoms with Crippen molar-refractivity contribution in [2.75, 3.05) is 54.7 Å². The zero-order valence-corrected chi connectivity index (χ0v) is 16.1. The van der Waals surface area contributed by atoms with Gasteiger partial charge in [-0.1, -0.05) is 5.16 Å². The van der Waals surface area contributed by atoms with Crippen LogP contribution in [0.5, 0.6) is 17.2 Å². The molecule has 148 valence electrons. The Labute approximate surface area is 158 Å². The Kier molecular flexibility index (Phi) is 6.49. The van der Waals surface area contributed by atoms with Crippen LogP contribution in [-0.4, -0.2) is 75.9 Å². The van der Waals surface area contributed by atoms with Gasteiger partial charge in [-0.25, -0.2) is 0 Å². The molecule has 1 atom stereocenters. The number of methoxy groups -OCH3 is 3. The van der Waals surface area contributed by atoms with Gasteiger partial charge in [-0.05, 0) is 19.2 Å². The van der Waals surface area contributed by atoms with Crippen LogP contribution in [-0.2, 0) is 16.0 Å². The van der Waals surface area contributed by atoms with Crippen LogP contribution in [0.25, 0.3) is 11.4 Å². The predicted octanol–water partition coefficient (Wildman–Crippen LogP) is 1.61. The molecule has 0 aliphatic carbocycles. The second-order valence-electron chi connectivity index (χ2n) is 6.16. The molecule has 0 radical (unpaired) electrons. The van der Waals surface area contributed by atoms with E-state index in [4.69, 9.17) is 28.2 Å². The van der Waals surface area contributed by atoms with Gasteiger partial charge < -0.3 is 28.2 Å².